The van der Waals surface area contributed by atoms with E-state index < -0.39 is 6.10 Å². The van der Waals surface area contributed by atoms with Gasteiger partial charge in [-0.05, 0) is 18.9 Å². The third-order valence-electron chi connectivity index (χ3n) is 2.47. The third kappa shape index (κ3) is 2.90. The Balaban J connectivity index is 1.95. The largest absolute Gasteiger partial charge is 0.387 e. The summed E-state index contributed by atoms with van der Waals surface area (Å²) < 4.78 is 0. The molecule has 0 saturated heterocycles. The summed E-state index contributed by atoms with van der Waals surface area (Å²) in [5.41, 5.74) is 2.12. The van der Waals surface area contributed by atoms with Crippen molar-refractivity contribution in [2.75, 3.05) is 0 Å². The summed E-state index contributed by atoms with van der Waals surface area (Å²) in [5.74, 6) is 0. The highest BCUT2D eigenvalue weighted by molar-refractivity contribution is 7.09. The van der Waals surface area contributed by atoms with Gasteiger partial charge in [-0.25, -0.2) is 4.98 Å². The van der Waals surface area contributed by atoms with E-state index in [0.717, 1.165) is 23.5 Å². The molecule has 0 radical (unpaired) electrons. The fourth-order valence-electron chi connectivity index (χ4n) is 1.53. The Morgan fingerprint density at radius 1 is 1.25 bits per heavy atom. The van der Waals surface area contributed by atoms with Crippen molar-refractivity contribution in [2.45, 2.75) is 25.9 Å². The van der Waals surface area contributed by atoms with Crippen molar-refractivity contribution in [3.05, 3.63) is 52.0 Å². The van der Waals surface area contributed by atoms with Gasteiger partial charge in [-0.2, -0.15) is 0 Å². The van der Waals surface area contributed by atoms with Gasteiger partial charge in [0.1, 0.15) is 0 Å². The van der Waals surface area contributed by atoms with Gasteiger partial charge in [0.05, 0.1) is 16.8 Å². The molecule has 0 aliphatic rings. The van der Waals surface area contributed by atoms with E-state index >= 15 is 0 Å². The first kappa shape index (κ1) is 11.3. The fraction of sp³-hybridized carbons (Fsp3) is 0.308. The highest BCUT2D eigenvalue weighted by atomic mass is 32.1. The summed E-state index contributed by atoms with van der Waals surface area (Å²) in [7, 11) is 0. The molecule has 1 atom stereocenters. The van der Waals surface area contributed by atoms with Gasteiger partial charge >= 0.3 is 0 Å². The molecule has 1 heterocycles. The van der Waals surface area contributed by atoms with Crippen molar-refractivity contribution in [3.8, 4) is 0 Å². The van der Waals surface area contributed by atoms with Gasteiger partial charge in [0.2, 0.25) is 0 Å². The maximum Gasteiger partial charge on any atom is 0.0940 e. The van der Waals surface area contributed by atoms with Crippen LogP contribution in [0.4, 0.5) is 0 Å². The summed E-state index contributed by atoms with van der Waals surface area (Å²) in [4.78, 5) is 4.39. The second kappa shape index (κ2) is 5.23. The molecule has 0 aliphatic carbocycles. The Kier molecular flexibility index (Phi) is 3.70. The van der Waals surface area contributed by atoms with Crippen LogP contribution in [-0.2, 0) is 12.8 Å². The van der Waals surface area contributed by atoms with E-state index in [1.54, 1.807) is 18.3 Å². The summed E-state index contributed by atoms with van der Waals surface area (Å²) in [5, 5.41) is 12.4. The molecular formula is C13H15NOS. The van der Waals surface area contributed by atoms with Gasteiger partial charge in [0.25, 0.3) is 0 Å². The number of benzene rings is 1. The van der Waals surface area contributed by atoms with Crippen LogP contribution < -0.4 is 0 Å². The SMILES string of the molecule is CC(O)c1csc(CCc2ccccc2)n1. The van der Waals surface area contributed by atoms with Gasteiger partial charge in [-0.3, -0.25) is 0 Å². The summed E-state index contributed by atoms with van der Waals surface area (Å²) in [6.07, 6.45) is 1.50. The minimum atomic E-state index is -0.457. The van der Waals surface area contributed by atoms with E-state index in [-0.39, 0.29) is 0 Å². The Morgan fingerprint density at radius 3 is 2.62 bits per heavy atom. The number of hydrogen-bond donors (Lipinski definition) is 1. The van der Waals surface area contributed by atoms with E-state index in [4.69, 9.17) is 0 Å². The summed E-state index contributed by atoms with van der Waals surface area (Å²) >= 11 is 1.63. The number of rotatable bonds is 4. The maximum absolute atomic E-state index is 9.37. The second-order valence-electron chi connectivity index (χ2n) is 3.83. The van der Waals surface area contributed by atoms with Crippen molar-refractivity contribution in [3.63, 3.8) is 0 Å². The zero-order valence-electron chi connectivity index (χ0n) is 9.26. The first-order valence-corrected chi connectivity index (χ1v) is 6.30. The van der Waals surface area contributed by atoms with Crippen LogP contribution in [-0.4, -0.2) is 10.1 Å². The molecule has 0 bridgehead atoms. The number of hydrogen-bond acceptors (Lipinski definition) is 3. The quantitative estimate of drug-likeness (QED) is 0.880. The zero-order valence-corrected chi connectivity index (χ0v) is 10.1. The number of nitrogens with zero attached hydrogens (tertiary/aromatic N) is 1. The first-order chi connectivity index (χ1) is 7.75. The number of aliphatic hydroxyl groups excluding tert-OH is 1. The van der Waals surface area contributed by atoms with Gasteiger partial charge in [0, 0.05) is 11.8 Å². The molecule has 1 unspecified atom stereocenters. The van der Waals surface area contributed by atoms with Crippen molar-refractivity contribution in [2.24, 2.45) is 0 Å². The lowest BCUT2D eigenvalue weighted by Gasteiger charge is -1.99. The molecule has 16 heavy (non-hydrogen) atoms. The Morgan fingerprint density at radius 2 is 2.00 bits per heavy atom. The average Bonchev–Trinajstić information content (AvgIpc) is 2.76. The normalized spacial score (nSPS) is 12.6. The first-order valence-electron chi connectivity index (χ1n) is 5.42. The number of aromatic nitrogens is 1. The molecule has 0 spiro atoms. The predicted molar refractivity (Wildman–Crippen MR) is 66.6 cm³/mol. The molecule has 0 saturated carbocycles. The van der Waals surface area contributed by atoms with Crippen molar-refractivity contribution >= 4 is 11.3 Å². The molecule has 84 valence electrons. The minimum Gasteiger partial charge on any atom is -0.387 e. The number of thiazole rings is 1. The van der Waals surface area contributed by atoms with Gasteiger partial charge in [-0.1, -0.05) is 30.3 Å². The van der Waals surface area contributed by atoms with Crippen LogP contribution in [0.3, 0.4) is 0 Å². The highest BCUT2D eigenvalue weighted by Gasteiger charge is 2.06. The fourth-order valence-corrected chi connectivity index (χ4v) is 2.41. The van der Waals surface area contributed by atoms with Crippen LogP contribution in [0.5, 0.6) is 0 Å². The smallest absolute Gasteiger partial charge is 0.0940 e. The van der Waals surface area contributed by atoms with Crippen molar-refractivity contribution in [1.29, 1.82) is 0 Å². The lowest BCUT2D eigenvalue weighted by molar-refractivity contribution is 0.195. The standard InChI is InChI=1S/C13H15NOS/c1-10(15)12-9-16-13(14-12)8-7-11-5-3-2-4-6-11/h2-6,9-10,15H,7-8H2,1H3. The van der Waals surface area contributed by atoms with Crippen LogP contribution in [0.25, 0.3) is 0 Å². The third-order valence-corrected chi connectivity index (χ3v) is 3.39. The average molecular weight is 233 g/mol. The lowest BCUT2D eigenvalue weighted by atomic mass is 10.1. The molecule has 2 rings (SSSR count). The molecule has 3 heteroatoms. The monoisotopic (exact) mass is 233 g/mol. The van der Waals surface area contributed by atoms with Crippen LogP contribution in [0, 0.1) is 0 Å². The van der Waals surface area contributed by atoms with Gasteiger partial charge < -0.3 is 5.11 Å². The van der Waals surface area contributed by atoms with Gasteiger partial charge in [-0.15, -0.1) is 11.3 Å². The minimum absolute atomic E-state index is 0.457. The van der Waals surface area contributed by atoms with Crippen LogP contribution in [0.2, 0.25) is 0 Å². The Hall–Kier alpha value is -1.19. The molecule has 2 aromatic rings. The topological polar surface area (TPSA) is 33.1 Å². The molecule has 0 aliphatic heterocycles. The van der Waals surface area contributed by atoms with E-state index in [9.17, 15) is 5.11 Å². The zero-order chi connectivity index (χ0) is 11.4. The number of aliphatic hydroxyl groups is 1. The maximum atomic E-state index is 9.37. The number of aryl methyl sites for hydroxylation is 2. The Labute approximate surface area is 99.6 Å². The molecule has 1 aromatic heterocycles. The highest BCUT2D eigenvalue weighted by Crippen LogP contribution is 2.17. The van der Waals surface area contributed by atoms with Crippen LogP contribution >= 0.6 is 11.3 Å². The molecule has 2 nitrogen and oxygen atoms in total. The van der Waals surface area contributed by atoms with E-state index in [1.165, 1.54) is 5.56 Å². The van der Waals surface area contributed by atoms with E-state index in [1.807, 2.05) is 11.4 Å². The van der Waals surface area contributed by atoms with Crippen LogP contribution in [0.15, 0.2) is 35.7 Å². The molecule has 0 amide bonds. The predicted octanol–water partition coefficient (Wildman–Crippen LogP) is 2.98. The van der Waals surface area contributed by atoms with Crippen molar-refractivity contribution < 1.29 is 5.11 Å². The molecule has 1 aromatic carbocycles. The molecule has 0 fully saturated rings. The molecule has 1 N–H and O–H groups in total. The van der Waals surface area contributed by atoms with E-state index in [2.05, 4.69) is 29.2 Å². The van der Waals surface area contributed by atoms with Gasteiger partial charge in [0.15, 0.2) is 0 Å². The molecular weight excluding hydrogens is 218 g/mol. The van der Waals surface area contributed by atoms with Crippen molar-refractivity contribution in [1.82, 2.24) is 4.98 Å². The lowest BCUT2D eigenvalue weighted by Crippen LogP contribution is -1.94. The Bertz CT molecular complexity index is 436. The van der Waals surface area contributed by atoms with Crippen LogP contribution in [0.1, 0.15) is 29.3 Å². The summed E-state index contributed by atoms with van der Waals surface area (Å²) in [6.45, 7) is 1.75. The second-order valence-corrected chi connectivity index (χ2v) is 4.77. The van der Waals surface area contributed by atoms with E-state index in [0.29, 0.717) is 0 Å². The summed E-state index contributed by atoms with van der Waals surface area (Å²) in [6, 6.07) is 10.4.